The predicted molar refractivity (Wildman–Crippen MR) is 82.2 cm³/mol. The molecule has 1 amide bonds. The average Bonchev–Trinajstić information content (AvgIpc) is 2.85. The van der Waals surface area contributed by atoms with Gasteiger partial charge in [-0.05, 0) is 18.8 Å². The first-order chi connectivity index (χ1) is 10.2. The summed E-state index contributed by atoms with van der Waals surface area (Å²) in [4.78, 5) is 12.1. The molecule has 1 heterocycles. The lowest BCUT2D eigenvalue weighted by Gasteiger charge is -2.13. The SMILES string of the molecule is O=C(CC1C=CCC1)Nc1cc2c(cc1Cl)OCCCO2. The molecular weight excluding hydrogens is 290 g/mol. The minimum Gasteiger partial charge on any atom is -0.490 e. The first-order valence-electron chi connectivity index (χ1n) is 7.28. The molecule has 112 valence electrons. The minimum atomic E-state index is -0.0251. The van der Waals surface area contributed by atoms with Gasteiger partial charge in [-0.1, -0.05) is 23.8 Å². The van der Waals surface area contributed by atoms with Crippen LogP contribution in [0.2, 0.25) is 5.02 Å². The van der Waals surface area contributed by atoms with Crippen molar-refractivity contribution < 1.29 is 14.3 Å². The molecule has 1 atom stereocenters. The maximum absolute atomic E-state index is 12.1. The van der Waals surface area contributed by atoms with E-state index >= 15 is 0 Å². The number of anilines is 1. The van der Waals surface area contributed by atoms with Crippen LogP contribution in [0.3, 0.4) is 0 Å². The van der Waals surface area contributed by atoms with E-state index in [-0.39, 0.29) is 5.91 Å². The van der Waals surface area contributed by atoms with Crippen LogP contribution in [0.25, 0.3) is 0 Å². The van der Waals surface area contributed by atoms with Crippen LogP contribution < -0.4 is 14.8 Å². The molecule has 1 N–H and O–H groups in total. The zero-order valence-corrected chi connectivity index (χ0v) is 12.5. The number of hydrogen-bond acceptors (Lipinski definition) is 3. The van der Waals surface area contributed by atoms with Crippen molar-refractivity contribution in [3.05, 3.63) is 29.3 Å². The number of benzene rings is 1. The molecule has 4 nitrogen and oxygen atoms in total. The van der Waals surface area contributed by atoms with E-state index in [1.165, 1.54) is 0 Å². The molecule has 0 aromatic heterocycles. The Balaban J connectivity index is 1.71. The maximum atomic E-state index is 12.1. The van der Waals surface area contributed by atoms with Gasteiger partial charge in [0, 0.05) is 25.0 Å². The fraction of sp³-hybridized carbons (Fsp3) is 0.438. The summed E-state index contributed by atoms with van der Waals surface area (Å²) in [5.41, 5.74) is 0.577. The molecule has 0 fully saturated rings. The number of halogens is 1. The highest BCUT2D eigenvalue weighted by Gasteiger charge is 2.18. The lowest BCUT2D eigenvalue weighted by atomic mass is 10.1. The van der Waals surface area contributed by atoms with E-state index < -0.39 is 0 Å². The number of rotatable bonds is 3. The third-order valence-electron chi connectivity index (χ3n) is 3.67. The zero-order chi connectivity index (χ0) is 14.7. The number of nitrogens with one attached hydrogen (secondary N) is 1. The summed E-state index contributed by atoms with van der Waals surface area (Å²) in [6, 6.07) is 3.44. The van der Waals surface area contributed by atoms with Crippen LogP contribution in [0.5, 0.6) is 11.5 Å². The van der Waals surface area contributed by atoms with E-state index in [4.69, 9.17) is 21.1 Å². The van der Waals surface area contributed by atoms with Gasteiger partial charge in [-0.2, -0.15) is 0 Å². The summed E-state index contributed by atoms with van der Waals surface area (Å²) in [5.74, 6) is 1.58. The first-order valence-corrected chi connectivity index (χ1v) is 7.66. The van der Waals surface area contributed by atoms with Crippen molar-refractivity contribution >= 4 is 23.2 Å². The van der Waals surface area contributed by atoms with Gasteiger partial charge in [-0.15, -0.1) is 0 Å². The van der Waals surface area contributed by atoms with Crippen LogP contribution in [-0.2, 0) is 4.79 Å². The van der Waals surface area contributed by atoms with Gasteiger partial charge in [0.1, 0.15) is 0 Å². The molecule has 0 bridgehead atoms. The Morgan fingerprint density at radius 2 is 2.05 bits per heavy atom. The first kappa shape index (κ1) is 14.3. The van der Waals surface area contributed by atoms with Crippen molar-refractivity contribution in [1.82, 2.24) is 0 Å². The van der Waals surface area contributed by atoms with Gasteiger partial charge in [-0.3, -0.25) is 4.79 Å². The molecular formula is C16H18ClNO3. The Labute approximate surface area is 129 Å². The second-order valence-electron chi connectivity index (χ2n) is 5.35. The number of amides is 1. The van der Waals surface area contributed by atoms with Gasteiger partial charge < -0.3 is 14.8 Å². The molecule has 0 saturated heterocycles. The summed E-state index contributed by atoms with van der Waals surface area (Å²) in [7, 11) is 0. The Morgan fingerprint density at radius 3 is 2.76 bits per heavy atom. The van der Waals surface area contributed by atoms with Gasteiger partial charge in [0.25, 0.3) is 0 Å². The third-order valence-corrected chi connectivity index (χ3v) is 3.98. The smallest absolute Gasteiger partial charge is 0.225 e. The third kappa shape index (κ3) is 3.50. The molecule has 1 unspecified atom stereocenters. The summed E-state index contributed by atoms with van der Waals surface area (Å²) < 4.78 is 11.2. The van der Waals surface area contributed by atoms with Crippen LogP contribution in [0.15, 0.2) is 24.3 Å². The van der Waals surface area contributed by atoms with Gasteiger partial charge in [0.05, 0.1) is 23.9 Å². The molecule has 1 aromatic carbocycles. The Morgan fingerprint density at radius 1 is 1.29 bits per heavy atom. The molecule has 3 rings (SSSR count). The highest BCUT2D eigenvalue weighted by molar-refractivity contribution is 6.34. The van der Waals surface area contributed by atoms with Crippen LogP contribution in [0, 0.1) is 5.92 Å². The molecule has 1 aliphatic heterocycles. The summed E-state index contributed by atoms with van der Waals surface area (Å²) in [5, 5.41) is 3.33. The van der Waals surface area contributed by atoms with Gasteiger partial charge in [-0.25, -0.2) is 0 Å². The van der Waals surface area contributed by atoms with E-state index in [0.29, 0.717) is 47.8 Å². The van der Waals surface area contributed by atoms with E-state index in [9.17, 15) is 4.79 Å². The van der Waals surface area contributed by atoms with Crippen molar-refractivity contribution in [1.29, 1.82) is 0 Å². The van der Waals surface area contributed by atoms with E-state index in [2.05, 4.69) is 17.5 Å². The Hall–Kier alpha value is -1.68. The second kappa shape index (κ2) is 6.39. The standard InChI is InChI=1S/C16H18ClNO3/c17-12-9-14-15(21-7-3-6-20-14)10-13(12)18-16(19)8-11-4-1-2-5-11/h1,4,9-11H,2-3,5-8H2,(H,18,19). The van der Waals surface area contributed by atoms with Crippen molar-refractivity contribution in [3.63, 3.8) is 0 Å². The minimum absolute atomic E-state index is 0.0251. The lowest BCUT2D eigenvalue weighted by Crippen LogP contribution is -2.15. The molecule has 1 aromatic rings. The molecule has 21 heavy (non-hydrogen) atoms. The molecule has 0 saturated carbocycles. The van der Waals surface area contributed by atoms with Gasteiger partial charge in [0.2, 0.25) is 5.91 Å². The van der Waals surface area contributed by atoms with E-state index in [1.54, 1.807) is 12.1 Å². The van der Waals surface area contributed by atoms with Gasteiger partial charge in [0.15, 0.2) is 11.5 Å². The number of fused-ring (bicyclic) bond motifs is 1. The highest BCUT2D eigenvalue weighted by atomic mass is 35.5. The zero-order valence-electron chi connectivity index (χ0n) is 11.7. The Kier molecular flexibility index (Phi) is 4.34. The van der Waals surface area contributed by atoms with Gasteiger partial charge >= 0.3 is 0 Å². The maximum Gasteiger partial charge on any atom is 0.225 e. The van der Waals surface area contributed by atoms with Crippen molar-refractivity contribution in [3.8, 4) is 11.5 Å². The predicted octanol–water partition coefficient (Wildman–Crippen LogP) is 3.80. The monoisotopic (exact) mass is 307 g/mol. The number of hydrogen-bond donors (Lipinski definition) is 1. The molecule has 0 spiro atoms. The van der Waals surface area contributed by atoms with Crippen LogP contribution in [0.4, 0.5) is 5.69 Å². The number of ether oxygens (including phenoxy) is 2. The van der Waals surface area contributed by atoms with Crippen LogP contribution >= 0.6 is 11.6 Å². The quantitative estimate of drug-likeness (QED) is 0.864. The number of carbonyl (C=O) groups is 1. The summed E-state index contributed by atoms with van der Waals surface area (Å²) >= 11 is 6.21. The fourth-order valence-electron chi connectivity index (χ4n) is 2.58. The van der Waals surface area contributed by atoms with Crippen molar-refractivity contribution in [2.75, 3.05) is 18.5 Å². The van der Waals surface area contributed by atoms with Crippen LogP contribution in [-0.4, -0.2) is 19.1 Å². The molecule has 1 aliphatic carbocycles. The number of allylic oxidation sites excluding steroid dienone is 2. The molecule has 5 heteroatoms. The van der Waals surface area contributed by atoms with Crippen LogP contribution in [0.1, 0.15) is 25.7 Å². The normalized spacial score (nSPS) is 20.1. The fourth-order valence-corrected chi connectivity index (χ4v) is 2.79. The van der Waals surface area contributed by atoms with Crippen molar-refractivity contribution in [2.45, 2.75) is 25.7 Å². The largest absolute Gasteiger partial charge is 0.490 e. The van der Waals surface area contributed by atoms with E-state index in [0.717, 1.165) is 19.3 Å². The molecule has 0 radical (unpaired) electrons. The number of carbonyl (C=O) groups excluding carboxylic acids is 1. The van der Waals surface area contributed by atoms with E-state index in [1.807, 2.05) is 0 Å². The lowest BCUT2D eigenvalue weighted by molar-refractivity contribution is -0.116. The van der Waals surface area contributed by atoms with Crippen molar-refractivity contribution in [2.24, 2.45) is 5.92 Å². The molecule has 2 aliphatic rings. The summed E-state index contributed by atoms with van der Waals surface area (Å²) in [6.45, 7) is 1.22. The second-order valence-corrected chi connectivity index (χ2v) is 5.75. The topological polar surface area (TPSA) is 47.6 Å². The average molecular weight is 308 g/mol. The Bertz CT molecular complexity index is 571. The highest BCUT2D eigenvalue weighted by Crippen LogP contribution is 2.37. The summed E-state index contributed by atoms with van der Waals surface area (Å²) in [6.07, 6.45) is 7.65.